The van der Waals surface area contributed by atoms with Gasteiger partial charge in [0.2, 0.25) is 0 Å². The number of nitrogens with zero attached hydrogens (tertiary/aromatic N) is 1. The number of nitrogens with one attached hydrogen (secondary N) is 2. The molecule has 1 aliphatic heterocycles. The lowest BCUT2D eigenvalue weighted by Crippen LogP contribution is -1.93. The highest BCUT2D eigenvalue weighted by atomic mass is 16.5. The molecule has 0 aromatic carbocycles. The van der Waals surface area contributed by atoms with E-state index in [0.717, 1.165) is 35.0 Å². The van der Waals surface area contributed by atoms with Gasteiger partial charge in [0.25, 0.3) is 0 Å². The summed E-state index contributed by atoms with van der Waals surface area (Å²) in [6, 6.07) is 8.27. The number of allylic oxidation sites excluding steroid dienone is 1. The average molecular weight is 337 g/mol. The number of aliphatic imine (C=N–C) groups is 1. The summed E-state index contributed by atoms with van der Waals surface area (Å²) in [4.78, 5) is 11.4. The fourth-order valence-electron chi connectivity index (χ4n) is 3.07. The summed E-state index contributed by atoms with van der Waals surface area (Å²) in [6.07, 6.45) is 13.6. The van der Waals surface area contributed by atoms with Gasteiger partial charge in [0.05, 0.1) is 18.5 Å². The maximum atomic E-state index is 5.48. The van der Waals surface area contributed by atoms with Gasteiger partial charge in [-0.25, -0.2) is 4.99 Å². The fourth-order valence-corrected chi connectivity index (χ4v) is 3.07. The van der Waals surface area contributed by atoms with E-state index in [1.807, 2.05) is 30.5 Å². The number of aromatic nitrogens is 2. The maximum absolute atomic E-state index is 5.48. The van der Waals surface area contributed by atoms with Gasteiger partial charge in [0, 0.05) is 23.7 Å². The Kier molecular flexibility index (Phi) is 5.94. The molecule has 4 nitrogen and oxygen atoms in total. The van der Waals surface area contributed by atoms with Crippen molar-refractivity contribution in [1.82, 2.24) is 9.97 Å². The molecule has 0 spiro atoms. The van der Waals surface area contributed by atoms with Crippen molar-refractivity contribution in [3.63, 3.8) is 0 Å². The van der Waals surface area contributed by atoms with E-state index >= 15 is 0 Å². The molecule has 0 fully saturated rings. The summed E-state index contributed by atoms with van der Waals surface area (Å²) in [5, 5.41) is 0. The Hall–Kier alpha value is -2.49. The molecule has 2 N–H and O–H groups in total. The standard InChI is InChI=1S/C21H27N3O/c1-3-4-5-6-7-9-16-11-12-17(23-16)14-20-21(25-2)15-19(24-20)18-10-8-13-22-18/h8,10-15,22-23H,3-7,9H2,1-2H3. The van der Waals surface area contributed by atoms with Crippen LogP contribution in [0.15, 0.2) is 53.0 Å². The van der Waals surface area contributed by atoms with Crippen molar-refractivity contribution in [1.29, 1.82) is 0 Å². The Balaban J connectivity index is 1.65. The van der Waals surface area contributed by atoms with E-state index in [1.54, 1.807) is 7.11 Å². The molecule has 0 radical (unpaired) electrons. The molecule has 2 aromatic heterocycles. The predicted molar refractivity (Wildman–Crippen MR) is 104 cm³/mol. The van der Waals surface area contributed by atoms with E-state index in [4.69, 9.17) is 9.73 Å². The van der Waals surface area contributed by atoms with Crippen LogP contribution >= 0.6 is 0 Å². The van der Waals surface area contributed by atoms with Crippen LogP contribution in [0.1, 0.15) is 56.1 Å². The van der Waals surface area contributed by atoms with Gasteiger partial charge < -0.3 is 14.7 Å². The molecule has 0 saturated carbocycles. The largest absolute Gasteiger partial charge is 0.494 e. The zero-order chi connectivity index (χ0) is 17.5. The maximum Gasteiger partial charge on any atom is 0.146 e. The second kappa shape index (κ2) is 8.56. The molecule has 2 aromatic rings. The molecular formula is C21H27N3O. The first kappa shape index (κ1) is 17.3. The highest BCUT2D eigenvalue weighted by Gasteiger charge is 2.17. The molecule has 0 bridgehead atoms. The van der Waals surface area contributed by atoms with Crippen LogP contribution < -0.4 is 0 Å². The lowest BCUT2D eigenvalue weighted by atomic mass is 10.1. The van der Waals surface area contributed by atoms with Gasteiger partial charge in [0.1, 0.15) is 11.5 Å². The van der Waals surface area contributed by atoms with Crippen LogP contribution in [-0.4, -0.2) is 22.8 Å². The molecule has 0 unspecified atom stereocenters. The van der Waals surface area contributed by atoms with Gasteiger partial charge in [-0.2, -0.15) is 0 Å². The van der Waals surface area contributed by atoms with E-state index < -0.39 is 0 Å². The first-order valence-corrected chi connectivity index (χ1v) is 9.18. The van der Waals surface area contributed by atoms with E-state index in [9.17, 15) is 0 Å². The third kappa shape index (κ3) is 4.53. The Bertz CT molecular complexity index is 763. The van der Waals surface area contributed by atoms with E-state index in [1.165, 1.54) is 37.8 Å². The lowest BCUT2D eigenvalue weighted by molar-refractivity contribution is 0.303. The monoisotopic (exact) mass is 337 g/mol. The van der Waals surface area contributed by atoms with Crippen LogP contribution in [0.25, 0.3) is 6.08 Å². The summed E-state index contributed by atoms with van der Waals surface area (Å²) < 4.78 is 5.48. The van der Waals surface area contributed by atoms with Gasteiger partial charge in [0.15, 0.2) is 0 Å². The summed E-state index contributed by atoms with van der Waals surface area (Å²) >= 11 is 0. The van der Waals surface area contributed by atoms with Crippen LogP contribution in [0.5, 0.6) is 0 Å². The SMILES string of the molecule is CCCCCCCc1ccc(C=C2N=C(c3ccc[nH]3)C=C2OC)[nH]1. The zero-order valence-electron chi connectivity index (χ0n) is 15.1. The van der Waals surface area contributed by atoms with Crippen molar-refractivity contribution >= 4 is 11.8 Å². The smallest absolute Gasteiger partial charge is 0.146 e. The number of methoxy groups -OCH3 is 1. The van der Waals surface area contributed by atoms with Crippen LogP contribution in [0.3, 0.4) is 0 Å². The highest BCUT2D eigenvalue weighted by molar-refractivity contribution is 6.11. The number of aromatic amines is 2. The number of hydrogen-bond acceptors (Lipinski definition) is 2. The van der Waals surface area contributed by atoms with Crippen molar-refractivity contribution in [3.8, 4) is 0 Å². The van der Waals surface area contributed by atoms with Crippen molar-refractivity contribution in [2.45, 2.75) is 45.4 Å². The molecule has 25 heavy (non-hydrogen) atoms. The topological polar surface area (TPSA) is 53.2 Å². The number of hydrogen-bond donors (Lipinski definition) is 2. The zero-order valence-corrected chi connectivity index (χ0v) is 15.1. The number of aryl methyl sites for hydroxylation is 1. The summed E-state index contributed by atoms with van der Waals surface area (Å²) in [5.41, 5.74) is 5.10. The normalized spacial score (nSPS) is 15.5. The minimum absolute atomic E-state index is 0.792. The summed E-state index contributed by atoms with van der Waals surface area (Å²) in [5.74, 6) is 0.792. The molecule has 1 aliphatic rings. The van der Waals surface area contributed by atoms with Gasteiger partial charge in [-0.1, -0.05) is 32.6 Å². The van der Waals surface area contributed by atoms with Crippen LogP contribution in [0.2, 0.25) is 0 Å². The molecular weight excluding hydrogens is 310 g/mol. The Morgan fingerprint density at radius 2 is 2.00 bits per heavy atom. The molecule has 132 valence electrons. The molecule has 3 heterocycles. The Morgan fingerprint density at radius 1 is 1.12 bits per heavy atom. The minimum atomic E-state index is 0.792. The first-order chi connectivity index (χ1) is 12.3. The summed E-state index contributed by atoms with van der Waals surface area (Å²) in [7, 11) is 1.68. The van der Waals surface area contributed by atoms with Crippen molar-refractivity contribution in [2.24, 2.45) is 4.99 Å². The van der Waals surface area contributed by atoms with Gasteiger partial charge >= 0.3 is 0 Å². The van der Waals surface area contributed by atoms with E-state index in [-0.39, 0.29) is 0 Å². The molecule has 4 heteroatoms. The summed E-state index contributed by atoms with van der Waals surface area (Å²) in [6.45, 7) is 2.25. The number of H-pyrrole nitrogens is 2. The Labute approximate surface area is 149 Å². The molecule has 0 saturated heterocycles. The Morgan fingerprint density at radius 3 is 2.76 bits per heavy atom. The second-order valence-electron chi connectivity index (χ2n) is 6.43. The quantitative estimate of drug-likeness (QED) is 0.605. The second-order valence-corrected chi connectivity index (χ2v) is 6.43. The third-order valence-electron chi connectivity index (χ3n) is 4.47. The lowest BCUT2D eigenvalue weighted by Gasteiger charge is -2.01. The number of unbranched alkanes of at least 4 members (excludes halogenated alkanes) is 4. The minimum Gasteiger partial charge on any atom is -0.494 e. The van der Waals surface area contributed by atoms with Gasteiger partial charge in [-0.05, 0) is 43.2 Å². The number of ether oxygens (including phenoxy) is 1. The molecule has 0 amide bonds. The van der Waals surface area contributed by atoms with Crippen LogP contribution in [0, 0.1) is 0 Å². The van der Waals surface area contributed by atoms with Crippen LogP contribution in [0.4, 0.5) is 0 Å². The molecule has 3 rings (SSSR count). The first-order valence-electron chi connectivity index (χ1n) is 9.18. The molecule has 0 aliphatic carbocycles. The highest BCUT2D eigenvalue weighted by Crippen LogP contribution is 2.24. The van der Waals surface area contributed by atoms with Crippen molar-refractivity contribution in [2.75, 3.05) is 7.11 Å². The van der Waals surface area contributed by atoms with Crippen LogP contribution in [-0.2, 0) is 11.2 Å². The van der Waals surface area contributed by atoms with Crippen molar-refractivity contribution in [3.05, 3.63) is 65.1 Å². The average Bonchev–Trinajstić information content (AvgIpc) is 3.35. The molecule has 0 atom stereocenters. The van der Waals surface area contributed by atoms with Gasteiger partial charge in [-0.15, -0.1) is 0 Å². The predicted octanol–water partition coefficient (Wildman–Crippen LogP) is 5.23. The van der Waals surface area contributed by atoms with E-state index in [0.29, 0.717) is 0 Å². The fraction of sp³-hybridized carbons (Fsp3) is 0.381. The van der Waals surface area contributed by atoms with Crippen molar-refractivity contribution < 1.29 is 4.74 Å². The van der Waals surface area contributed by atoms with E-state index in [2.05, 4.69) is 29.0 Å². The number of rotatable bonds is 9. The third-order valence-corrected chi connectivity index (χ3v) is 4.47. The van der Waals surface area contributed by atoms with Gasteiger partial charge in [-0.3, -0.25) is 0 Å².